The summed E-state index contributed by atoms with van der Waals surface area (Å²) in [6.45, 7) is 1.84. The summed E-state index contributed by atoms with van der Waals surface area (Å²) < 4.78 is 18.8. The minimum absolute atomic E-state index is 0.121. The molecule has 0 fully saturated rings. The van der Waals surface area contributed by atoms with Gasteiger partial charge in [0.05, 0.1) is 5.56 Å². The molecule has 0 aliphatic carbocycles. The number of hydrogen-bond donors (Lipinski definition) is 1. The normalized spacial score (nSPS) is 10.3. The maximum atomic E-state index is 13.5. The summed E-state index contributed by atoms with van der Waals surface area (Å²) in [5, 5.41) is 10.2. The second kappa shape index (κ2) is 5.39. The van der Waals surface area contributed by atoms with Crippen molar-refractivity contribution in [3.8, 4) is 11.5 Å². The van der Waals surface area contributed by atoms with Crippen molar-refractivity contribution in [3.05, 3.63) is 36.0 Å². The molecular weight excluding hydrogens is 237 g/mol. The van der Waals surface area contributed by atoms with Gasteiger partial charge in [0.25, 0.3) is 5.89 Å². The maximum Gasteiger partial charge on any atom is 0.250 e. The van der Waals surface area contributed by atoms with Crippen molar-refractivity contribution in [3.63, 3.8) is 0 Å². The van der Waals surface area contributed by atoms with Crippen LogP contribution in [0.4, 0.5) is 4.39 Å². The van der Waals surface area contributed by atoms with E-state index >= 15 is 0 Å². The van der Waals surface area contributed by atoms with Crippen LogP contribution in [0.1, 0.15) is 12.8 Å². The van der Waals surface area contributed by atoms with E-state index in [0.717, 1.165) is 0 Å². The molecule has 1 aromatic carbocycles. The molecule has 1 N–H and O–H groups in total. The van der Waals surface area contributed by atoms with Crippen LogP contribution >= 0.6 is 0 Å². The van der Waals surface area contributed by atoms with Crippen LogP contribution in [0, 0.1) is 5.82 Å². The summed E-state index contributed by atoms with van der Waals surface area (Å²) in [4.78, 5) is 10.7. The van der Waals surface area contributed by atoms with Crippen LogP contribution < -0.4 is 5.32 Å². The van der Waals surface area contributed by atoms with E-state index in [4.69, 9.17) is 4.42 Å². The molecular formula is C12H12FN3O2. The third-order valence-electron chi connectivity index (χ3n) is 2.28. The van der Waals surface area contributed by atoms with Gasteiger partial charge >= 0.3 is 0 Å². The number of carbonyl (C=O) groups excluding carboxylic acids is 1. The highest BCUT2D eigenvalue weighted by Gasteiger charge is 2.11. The first-order valence-corrected chi connectivity index (χ1v) is 5.48. The molecule has 94 valence electrons. The molecule has 0 spiro atoms. The molecule has 5 nitrogen and oxygen atoms in total. The number of amides is 1. The number of nitrogens with one attached hydrogen (secondary N) is 1. The molecule has 2 aromatic rings. The third-order valence-corrected chi connectivity index (χ3v) is 2.28. The van der Waals surface area contributed by atoms with E-state index in [1.54, 1.807) is 18.2 Å². The maximum absolute atomic E-state index is 13.5. The largest absolute Gasteiger partial charge is 0.421 e. The summed E-state index contributed by atoms with van der Waals surface area (Å²) in [6, 6.07) is 6.18. The Hall–Kier alpha value is -2.24. The van der Waals surface area contributed by atoms with Gasteiger partial charge in [0.1, 0.15) is 5.82 Å². The van der Waals surface area contributed by atoms with Crippen molar-refractivity contribution in [1.82, 2.24) is 15.5 Å². The zero-order valence-corrected chi connectivity index (χ0v) is 9.81. The van der Waals surface area contributed by atoms with Crippen LogP contribution in [0.25, 0.3) is 11.5 Å². The second-order valence-corrected chi connectivity index (χ2v) is 3.71. The Kier molecular flexibility index (Phi) is 3.66. The van der Waals surface area contributed by atoms with E-state index in [1.807, 2.05) is 0 Å². The van der Waals surface area contributed by atoms with E-state index < -0.39 is 5.82 Å². The van der Waals surface area contributed by atoms with E-state index in [0.29, 0.717) is 18.9 Å². The standard InChI is InChI=1S/C12H12FN3O2/c1-8(17)14-7-6-11-15-16-12(18-11)9-4-2-3-5-10(9)13/h2-5H,6-7H2,1H3,(H,14,17). The van der Waals surface area contributed by atoms with Crippen molar-refractivity contribution in [2.45, 2.75) is 13.3 Å². The topological polar surface area (TPSA) is 68.0 Å². The predicted octanol–water partition coefficient (Wildman–Crippen LogP) is 1.55. The molecule has 0 saturated carbocycles. The Morgan fingerprint density at radius 2 is 2.17 bits per heavy atom. The summed E-state index contributed by atoms with van der Waals surface area (Å²) >= 11 is 0. The first-order valence-electron chi connectivity index (χ1n) is 5.48. The zero-order chi connectivity index (χ0) is 13.0. The van der Waals surface area contributed by atoms with Gasteiger partial charge in [-0.05, 0) is 12.1 Å². The summed E-state index contributed by atoms with van der Waals surface area (Å²) in [7, 11) is 0. The van der Waals surface area contributed by atoms with Crippen LogP contribution in [-0.2, 0) is 11.2 Å². The number of rotatable bonds is 4. The van der Waals surface area contributed by atoms with Gasteiger partial charge < -0.3 is 9.73 Å². The number of aromatic nitrogens is 2. The third kappa shape index (κ3) is 2.91. The van der Waals surface area contributed by atoms with Gasteiger partial charge in [0, 0.05) is 19.9 Å². The Morgan fingerprint density at radius 3 is 2.89 bits per heavy atom. The SMILES string of the molecule is CC(=O)NCCc1nnc(-c2ccccc2F)o1. The zero-order valence-electron chi connectivity index (χ0n) is 9.81. The Morgan fingerprint density at radius 1 is 1.39 bits per heavy atom. The Labute approximate surface area is 103 Å². The summed E-state index contributed by atoms with van der Waals surface area (Å²) in [6.07, 6.45) is 0.418. The van der Waals surface area contributed by atoms with E-state index in [2.05, 4.69) is 15.5 Å². The van der Waals surface area contributed by atoms with Crippen LogP contribution in [0.3, 0.4) is 0 Å². The molecule has 0 unspecified atom stereocenters. The van der Waals surface area contributed by atoms with Crippen molar-refractivity contribution >= 4 is 5.91 Å². The lowest BCUT2D eigenvalue weighted by Gasteiger charge is -1.97. The van der Waals surface area contributed by atoms with Gasteiger partial charge in [-0.25, -0.2) is 4.39 Å². The highest BCUT2D eigenvalue weighted by atomic mass is 19.1. The molecule has 0 atom stereocenters. The Bertz CT molecular complexity index is 554. The van der Waals surface area contributed by atoms with E-state index in [1.165, 1.54) is 13.0 Å². The lowest BCUT2D eigenvalue weighted by molar-refractivity contribution is -0.118. The number of carbonyl (C=O) groups is 1. The molecule has 1 heterocycles. The second-order valence-electron chi connectivity index (χ2n) is 3.71. The number of hydrogen-bond acceptors (Lipinski definition) is 4. The fourth-order valence-electron chi connectivity index (χ4n) is 1.44. The van der Waals surface area contributed by atoms with E-state index in [9.17, 15) is 9.18 Å². The average Bonchev–Trinajstić information content (AvgIpc) is 2.78. The van der Waals surface area contributed by atoms with E-state index in [-0.39, 0.29) is 17.4 Å². The number of halogens is 1. The fraction of sp³-hybridized carbons (Fsp3) is 0.250. The van der Waals surface area contributed by atoms with Crippen LogP contribution in [-0.4, -0.2) is 22.6 Å². The summed E-state index contributed by atoms with van der Waals surface area (Å²) in [5.41, 5.74) is 0.274. The van der Waals surface area contributed by atoms with Crippen molar-refractivity contribution in [2.75, 3.05) is 6.54 Å². The molecule has 1 aromatic heterocycles. The highest BCUT2D eigenvalue weighted by molar-refractivity contribution is 5.72. The van der Waals surface area contributed by atoms with Gasteiger partial charge in [-0.2, -0.15) is 0 Å². The predicted molar refractivity (Wildman–Crippen MR) is 62.1 cm³/mol. The quantitative estimate of drug-likeness (QED) is 0.892. The number of benzene rings is 1. The van der Waals surface area contributed by atoms with Crippen molar-refractivity contribution < 1.29 is 13.6 Å². The smallest absolute Gasteiger partial charge is 0.250 e. The van der Waals surface area contributed by atoms with Crippen LogP contribution in [0.2, 0.25) is 0 Å². The average molecular weight is 249 g/mol. The molecule has 0 saturated heterocycles. The lowest BCUT2D eigenvalue weighted by atomic mass is 10.2. The van der Waals surface area contributed by atoms with Gasteiger partial charge in [-0.1, -0.05) is 12.1 Å². The van der Waals surface area contributed by atoms with Crippen molar-refractivity contribution in [2.24, 2.45) is 0 Å². The summed E-state index contributed by atoms with van der Waals surface area (Å²) in [5.74, 6) is -0.0219. The highest BCUT2D eigenvalue weighted by Crippen LogP contribution is 2.20. The molecule has 0 radical (unpaired) electrons. The fourth-order valence-corrected chi connectivity index (χ4v) is 1.44. The molecule has 0 aliphatic rings. The van der Waals surface area contributed by atoms with Gasteiger partial charge in [-0.15, -0.1) is 10.2 Å². The first-order chi connectivity index (χ1) is 8.66. The molecule has 18 heavy (non-hydrogen) atoms. The van der Waals surface area contributed by atoms with Gasteiger partial charge in [0.2, 0.25) is 11.8 Å². The molecule has 0 bridgehead atoms. The van der Waals surface area contributed by atoms with Gasteiger partial charge in [-0.3, -0.25) is 4.79 Å². The Balaban J connectivity index is 2.06. The minimum Gasteiger partial charge on any atom is -0.421 e. The van der Waals surface area contributed by atoms with Gasteiger partial charge in [0.15, 0.2) is 0 Å². The molecule has 2 rings (SSSR count). The first kappa shape index (κ1) is 12.2. The minimum atomic E-state index is -0.408. The number of nitrogens with zero attached hydrogens (tertiary/aromatic N) is 2. The van der Waals surface area contributed by atoms with Crippen LogP contribution in [0.5, 0.6) is 0 Å². The monoisotopic (exact) mass is 249 g/mol. The van der Waals surface area contributed by atoms with Crippen molar-refractivity contribution in [1.29, 1.82) is 0 Å². The molecule has 6 heteroatoms. The molecule has 0 aliphatic heterocycles. The lowest BCUT2D eigenvalue weighted by Crippen LogP contribution is -2.22. The van der Waals surface area contributed by atoms with Crippen LogP contribution in [0.15, 0.2) is 28.7 Å². The molecule has 1 amide bonds.